The fraction of sp³-hybridized carbons (Fsp3) is 0.622. The molecular formula is C37H55N5O5Si. The Bertz CT molecular complexity index is 1530. The van der Waals surface area contributed by atoms with Crippen LogP contribution in [0.4, 0.5) is 11.4 Å². The zero-order valence-electron chi connectivity index (χ0n) is 29.7. The van der Waals surface area contributed by atoms with Crippen molar-refractivity contribution in [2.75, 3.05) is 29.5 Å². The Hall–Kier alpha value is -3.12. The predicted molar refractivity (Wildman–Crippen MR) is 191 cm³/mol. The smallest absolute Gasteiger partial charge is 0.264 e. The average molecular weight is 678 g/mol. The maximum Gasteiger partial charge on any atom is 0.264 e. The Kier molecular flexibility index (Phi) is 11.4. The van der Waals surface area contributed by atoms with Crippen molar-refractivity contribution in [3.05, 3.63) is 59.0 Å². The molecule has 11 heteroatoms. The van der Waals surface area contributed by atoms with E-state index in [2.05, 4.69) is 50.2 Å². The van der Waals surface area contributed by atoms with Gasteiger partial charge in [0.05, 0.1) is 17.5 Å². The second-order valence-electron chi connectivity index (χ2n) is 14.8. The van der Waals surface area contributed by atoms with E-state index in [1.807, 2.05) is 47.3 Å². The summed E-state index contributed by atoms with van der Waals surface area (Å²) in [4.78, 5) is 43.7. The number of carbonyl (C=O) groups excluding carboxylic acids is 2. The first-order chi connectivity index (χ1) is 22.9. The predicted octanol–water partition coefficient (Wildman–Crippen LogP) is 6.04. The fourth-order valence-corrected chi connectivity index (χ4v) is 10.6. The molecule has 5 rings (SSSR count). The molecule has 3 aliphatic rings. The summed E-state index contributed by atoms with van der Waals surface area (Å²) < 4.78 is 8.82. The van der Waals surface area contributed by atoms with Crippen molar-refractivity contribution in [2.45, 2.75) is 122 Å². The van der Waals surface area contributed by atoms with Gasteiger partial charge in [-0.05, 0) is 84.2 Å². The Balaban J connectivity index is 1.53. The van der Waals surface area contributed by atoms with Crippen LogP contribution in [-0.4, -0.2) is 70.8 Å². The van der Waals surface area contributed by atoms with E-state index in [4.69, 9.17) is 4.74 Å². The lowest BCUT2D eigenvalue weighted by atomic mass is 9.82. The quantitative estimate of drug-likeness (QED) is 0.208. The van der Waals surface area contributed by atoms with Crippen molar-refractivity contribution in [3.63, 3.8) is 0 Å². The van der Waals surface area contributed by atoms with Crippen LogP contribution >= 0.6 is 0 Å². The van der Waals surface area contributed by atoms with Crippen LogP contribution in [0.1, 0.15) is 90.3 Å². The SMILES string of the molecule is CC(C)=CCC/C(C)=C/CN1C(=O)[C@@]2(O[C@@H](CCn3cc(CCO)nn3)[C@H]([Si](C)(C)O)[C@H]2C)c2cc(N3CCCCCCC3=O)ccc21. The summed E-state index contributed by atoms with van der Waals surface area (Å²) in [6, 6.07) is 6.00. The molecule has 2 N–H and O–H groups in total. The maximum absolute atomic E-state index is 14.9. The molecule has 10 nitrogen and oxygen atoms in total. The first-order valence-electron chi connectivity index (χ1n) is 17.8. The van der Waals surface area contributed by atoms with Gasteiger partial charge in [0.2, 0.25) is 5.91 Å². The number of amides is 2. The van der Waals surface area contributed by atoms with Crippen LogP contribution in [-0.2, 0) is 32.9 Å². The number of hydrogen-bond acceptors (Lipinski definition) is 7. The van der Waals surface area contributed by atoms with E-state index < -0.39 is 13.9 Å². The van der Waals surface area contributed by atoms with Crippen LogP contribution < -0.4 is 9.80 Å². The first kappa shape index (κ1) is 36.2. The standard InChI is InChI=1S/C37H55N5O5Si/c1-26(2)12-11-13-27(3)17-22-42-32-16-15-30(41-20-10-8-7-9-14-34(41)44)24-31(32)37(36(42)45)28(4)35(48(5,6)46)33(47-37)18-21-40-25-29(19-23-43)38-39-40/h12,15-17,24-25,28,33,35,43,46H,7-11,13-14,18-23H2,1-6H3/b27-17+/t28-,33+,35-,37+/m1/s1. The first-order valence-corrected chi connectivity index (χ1v) is 20.8. The van der Waals surface area contributed by atoms with Crippen molar-refractivity contribution in [2.24, 2.45) is 5.92 Å². The molecule has 3 aliphatic heterocycles. The number of aliphatic hydroxyl groups is 1. The minimum atomic E-state index is -2.85. The van der Waals surface area contributed by atoms with Crippen molar-refractivity contribution in [3.8, 4) is 0 Å². The minimum absolute atomic E-state index is 0.00401. The fourth-order valence-electron chi connectivity index (χ4n) is 7.99. The summed E-state index contributed by atoms with van der Waals surface area (Å²) in [5.74, 6) is -0.286. The maximum atomic E-state index is 14.9. The van der Waals surface area contributed by atoms with Crippen molar-refractivity contribution in [1.29, 1.82) is 0 Å². The Labute approximate surface area is 287 Å². The zero-order valence-corrected chi connectivity index (χ0v) is 30.7. The van der Waals surface area contributed by atoms with Crippen LogP contribution in [0.15, 0.2) is 47.7 Å². The number of ether oxygens (including phenoxy) is 1. The minimum Gasteiger partial charge on any atom is -0.432 e. The Morgan fingerprint density at radius 2 is 1.90 bits per heavy atom. The third-order valence-corrected chi connectivity index (χ3v) is 12.9. The molecule has 1 aromatic heterocycles. The van der Waals surface area contributed by atoms with Gasteiger partial charge in [-0.2, -0.15) is 0 Å². The summed E-state index contributed by atoms with van der Waals surface area (Å²) >= 11 is 0. The second kappa shape index (κ2) is 15.2. The van der Waals surface area contributed by atoms with Crippen molar-refractivity contribution >= 4 is 31.5 Å². The number of hydrogen-bond donors (Lipinski definition) is 2. The summed E-state index contributed by atoms with van der Waals surface area (Å²) in [7, 11) is -2.85. The van der Waals surface area contributed by atoms with E-state index in [0.29, 0.717) is 44.6 Å². The molecule has 1 spiro atoms. The van der Waals surface area contributed by atoms with E-state index in [1.54, 1.807) is 4.68 Å². The Morgan fingerprint density at radius 1 is 1.12 bits per heavy atom. The zero-order chi connectivity index (χ0) is 34.6. The lowest BCUT2D eigenvalue weighted by Gasteiger charge is -2.33. The number of rotatable bonds is 12. The summed E-state index contributed by atoms with van der Waals surface area (Å²) in [5.41, 5.74) is 4.14. The van der Waals surface area contributed by atoms with Gasteiger partial charge in [0, 0.05) is 68.0 Å². The monoisotopic (exact) mass is 677 g/mol. The lowest BCUT2D eigenvalue weighted by molar-refractivity contribution is -0.145. The van der Waals surface area contributed by atoms with Gasteiger partial charge >= 0.3 is 0 Å². The van der Waals surface area contributed by atoms with Gasteiger partial charge in [-0.3, -0.25) is 14.3 Å². The molecule has 0 radical (unpaired) electrons. The van der Waals surface area contributed by atoms with Crippen LogP contribution in [0.5, 0.6) is 0 Å². The van der Waals surface area contributed by atoms with Crippen LogP contribution in [0.25, 0.3) is 0 Å². The van der Waals surface area contributed by atoms with E-state index in [9.17, 15) is 19.5 Å². The molecule has 2 aromatic rings. The van der Waals surface area contributed by atoms with Crippen LogP contribution in [0, 0.1) is 5.92 Å². The molecular weight excluding hydrogens is 623 g/mol. The summed E-state index contributed by atoms with van der Waals surface area (Å²) in [6.45, 7) is 13.8. The number of anilines is 2. The van der Waals surface area contributed by atoms with Gasteiger partial charge in [0.15, 0.2) is 13.9 Å². The number of aryl methyl sites for hydroxylation is 1. The highest BCUT2D eigenvalue weighted by molar-refractivity contribution is 6.71. The average Bonchev–Trinajstić information content (AvgIpc) is 3.66. The number of nitrogens with zero attached hydrogens (tertiary/aromatic N) is 5. The number of benzene rings is 1. The number of aliphatic hydroxyl groups excluding tert-OH is 1. The highest BCUT2D eigenvalue weighted by Crippen LogP contribution is 2.60. The third-order valence-electron chi connectivity index (χ3n) is 10.4. The number of allylic oxidation sites excluding steroid dienone is 3. The summed E-state index contributed by atoms with van der Waals surface area (Å²) in [5, 5.41) is 17.7. The summed E-state index contributed by atoms with van der Waals surface area (Å²) in [6.07, 6.45) is 13.2. The van der Waals surface area contributed by atoms with E-state index >= 15 is 0 Å². The van der Waals surface area contributed by atoms with Gasteiger partial charge in [0.1, 0.15) is 0 Å². The largest absolute Gasteiger partial charge is 0.432 e. The van der Waals surface area contributed by atoms with Gasteiger partial charge in [-0.1, -0.05) is 48.3 Å². The molecule has 0 unspecified atom stereocenters. The third kappa shape index (κ3) is 7.54. The van der Waals surface area contributed by atoms with E-state index in [0.717, 1.165) is 55.5 Å². The lowest BCUT2D eigenvalue weighted by Crippen LogP contribution is -2.46. The molecule has 0 bridgehead atoms. The number of aromatic nitrogens is 3. The van der Waals surface area contributed by atoms with Crippen molar-refractivity contribution < 1.29 is 24.2 Å². The normalized spacial score (nSPS) is 25.1. The highest BCUT2D eigenvalue weighted by Gasteiger charge is 2.66. The van der Waals surface area contributed by atoms with Crippen LogP contribution in [0.2, 0.25) is 18.6 Å². The van der Waals surface area contributed by atoms with E-state index in [1.165, 1.54) is 11.1 Å². The molecule has 2 fully saturated rings. The van der Waals surface area contributed by atoms with E-state index in [-0.39, 0.29) is 36.0 Å². The molecule has 0 aliphatic carbocycles. The number of fused-ring (bicyclic) bond motifs is 2. The molecule has 262 valence electrons. The highest BCUT2D eigenvalue weighted by atomic mass is 28.4. The van der Waals surface area contributed by atoms with Gasteiger partial charge < -0.3 is 24.4 Å². The molecule has 48 heavy (non-hydrogen) atoms. The molecule has 1 aromatic carbocycles. The van der Waals surface area contributed by atoms with Crippen molar-refractivity contribution in [1.82, 2.24) is 15.0 Å². The van der Waals surface area contributed by atoms with Gasteiger partial charge in [0.25, 0.3) is 5.91 Å². The van der Waals surface area contributed by atoms with Crippen LogP contribution in [0.3, 0.4) is 0 Å². The molecule has 2 amide bonds. The molecule has 2 saturated heterocycles. The molecule has 4 heterocycles. The Morgan fingerprint density at radius 3 is 2.62 bits per heavy atom. The molecule has 4 atom stereocenters. The second-order valence-corrected chi connectivity index (χ2v) is 18.8. The molecule has 0 saturated carbocycles. The van der Waals surface area contributed by atoms with Gasteiger partial charge in [-0.15, -0.1) is 5.10 Å². The topological polar surface area (TPSA) is 121 Å². The number of carbonyl (C=O) groups is 2. The van der Waals surface area contributed by atoms with Gasteiger partial charge in [-0.25, -0.2) is 0 Å².